The van der Waals surface area contributed by atoms with Crippen LogP contribution in [-0.2, 0) is 6.42 Å². The third-order valence-corrected chi connectivity index (χ3v) is 6.06. The van der Waals surface area contributed by atoms with Crippen LogP contribution in [0, 0.1) is 0 Å². The van der Waals surface area contributed by atoms with Crippen LogP contribution in [-0.4, -0.2) is 18.8 Å². The van der Waals surface area contributed by atoms with Crippen molar-refractivity contribution in [3.05, 3.63) is 96.1 Å². The number of rotatable bonds is 4. The van der Waals surface area contributed by atoms with Gasteiger partial charge in [-0.15, -0.1) is 0 Å². The van der Waals surface area contributed by atoms with Crippen LogP contribution in [0.25, 0.3) is 11.1 Å². The molecule has 3 aromatic rings. The zero-order valence-electron chi connectivity index (χ0n) is 14.4. The van der Waals surface area contributed by atoms with E-state index in [1.807, 2.05) is 14.1 Å². The lowest BCUT2D eigenvalue weighted by atomic mass is 9.95. The molecule has 0 aliphatic carbocycles. The van der Waals surface area contributed by atoms with Crippen molar-refractivity contribution >= 4 is 29.3 Å². The molecule has 0 fully saturated rings. The number of nitrogens with zero attached hydrogens (tertiary/aromatic N) is 1. The van der Waals surface area contributed by atoms with E-state index in [0.29, 0.717) is 0 Å². The number of halogens is 2. The topological polar surface area (TPSA) is 3.24 Å². The van der Waals surface area contributed by atoms with Crippen molar-refractivity contribution in [3.63, 3.8) is 0 Å². The summed E-state index contributed by atoms with van der Waals surface area (Å²) >= 11 is 10.7. The average Bonchev–Trinajstić information content (AvgIpc) is 2.64. The molecule has 130 valence electrons. The van der Waals surface area contributed by atoms with E-state index in [1.165, 1.54) is 22.3 Å². The molecule has 1 nitrogen and oxygen atoms in total. The first-order chi connectivity index (χ1) is 12.1. The summed E-state index contributed by atoms with van der Waals surface area (Å²) in [7, 11) is 3.68. The zero-order valence-corrected chi connectivity index (χ0v) is 16.8. The van der Waals surface area contributed by atoms with E-state index >= 15 is 0 Å². The maximum atomic E-state index is 5.37. The molecule has 0 saturated carbocycles. The largest absolute Gasteiger partial charge is 0.264 e. The van der Waals surface area contributed by atoms with Crippen LogP contribution in [0.4, 0.5) is 0 Å². The van der Waals surface area contributed by atoms with E-state index < -0.39 is 6.78 Å². The highest BCUT2D eigenvalue weighted by molar-refractivity contribution is 8.02. The summed E-state index contributed by atoms with van der Waals surface area (Å²) in [5.74, 6) is 0. The summed E-state index contributed by atoms with van der Waals surface area (Å²) < 4.78 is 1.76. The molecule has 0 unspecified atom stereocenters. The molecule has 0 aromatic heterocycles. The lowest BCUT2D eigenvalue weighted by Gasteiger charge is -2.09. The van der Waals surface area contributed by atoms with Crippen LogP contribution in [0.3, 0.4) is 0 Å². The predicted molar refractivity (Wildman–Crippen MR) is 113 cm³/mol. The third-order valence-electron chi connectivity index (χ3n) is 3.64. The van der Waals surface area contributed by atoms with Crippen molar-refractivity contribution in [2.24, 2.45) is 0 Å². The summed E-state index contributed by atoms with van der Waals surface area (Å²) in [4.78, 5) is 0. The number of benzene rings is 3. The number of hydrogen-bond acceptors (Lipinski definition) is 1. The molecule has 0 amide bonds. The Labute approximate surface area is 161 Å². The quantitative estimate of drug-likeness (QED) is 0.426. The molecular weight excluding hydrogens is 368 g/mol. The van der Waals surface area contributed by atoms with Gasteiger partial charge in [0, 0.05) is 0 Å². The number of hydrogen-bond donors (Lipinski definition) is 0. The Morgan fingerprint density at radius 2 is 1.20 bits per heavy atom. The summed E-state index contributed by atoms with van der Waals surface area (Å²) in [5.41, 5.74) is 5.34. The molecule has 4 heteroatoms. The second-order valence-electron chi connectivity index (χ2n) is 5.75. The highest BCUT2D eigenvalue weighted by Gasteiger charge is 2.04. The molecule has 3 rings (SSSR count). The fourth-order valence-electron chi connectivity index (χ4n) is 2.39. The molecule has 0 spiro atoms. The molecule has 0 radical (unpaired) electrons. The van der Waals surface area contributed by atoms with E-state index in [4.69, 9.17) is 22.5 Å². The average molecular weight is 390 g/mol. The lowest BCUT2D eigenvalue weighted by Crippen LogP contribution is -1.95. The standard InChI is InChI=1S/C19H16.C2H6Cl2NP/c1-3-9-16(10-4-1)15-18-13-7-8-14-19(18)17-11-5-2-6-12-17;1-5(2)6(3)4/h1-14H,15H2;1-2H3. The normalized spacial score (nSPS) is 10.5. The van der Waals surface area contributed by atoms with Gasteiger partial charge in [-0.1, -0.05) is 107 Å². The molecule has 0 saturated heterocycles. The summed E-state index contributed by atoms with van der Waals surface area (Å²) in [5, 5.41) is 0. The Morgan fingerprint density at radius 1 is 0.720 bits per heavy atom. The van der Waals surface area contributed by atoms with E-state index in [2.05, 4.69) is 84.9 Å². The van der Waals surface area contributed by atoms with Crippen LogP contribution >= 0.6 is 29.3 Å². The Morgan fingerprint density at radius 3 is 1.76 bits per heavy atom. The van der Waals surface area contributed by atoms with E-state index in [9.17, 15) is 0 Å². The monoisotopic (exact) mass is 389 g/mol. The van der Waals surface area contributed by atoms with Gasteiger partial charge >= 0.3 is 0 Å². The highest BCUT2D eigenvalue weighted by Crippen LogP contribution is 2.47. The molecule has 0 aliphatic rings. The molecule has 0 atom stereocenters. The van der Waals surface area contributed by atoms with Gasteiger partial charge < -0.3 is 0 Å². The molecule has 0 aliphatic heterocycles. The smallest absolute Gasteiger partial charge is 0.159 e. The highest BCUT2D eigenvalue weighted by atomic mass is 35.9. The Bertz CT molecular complexity index is 740. The second kappa shape index (κ2) is 10.6. The van der Waals surface area contributed by atoms with Gasteiger partial charge in [-0.25, -0.2) is 0 Å². The minimum absolute atomic E-state index is 0.882. The molecular formula is C21H22Cl2NP. The summed E-state index contributed by atoms with van der Waals surface area (Å²) in [6.07, 6.45) is 0.978. The fourth-order valence-corrected chi connectivity index (χ4v) is 2.39. The second-order valence-corrected chi connectivity index (χ2v) is 9.42. The zero-order chi connectivity index (χ0) is 18.1. The minimum atomic E-state index is -0.882. The van der Waals surface area contributed by atoms with Crippen LogP contribution in [0.1, 0.15) is 11.1 Å². The summed E-state index contributed by atoms with van der Waals surface area (Å²) in [6, 6.07) is 29.8. The molecule has 0 N–H and O–H groups in total. The van der Waals surface area contributed by atoms with E-state index in [0.717, 1.165) is 6.42 Å². The Hall–Kier alpha value is -1.37. The van der Waals surface area contributed by atoms with Gasteiger partial charge in [-0.2, -0.15) is 0 Å². The first-order valence-electron chi connectivity index (χ1n) is 8.04. The Balaban J connectivity index is 0.000000326. The van der Waals surface area contributed by atoms with E-state index in [-0.39, 0.29) is 0 Å². The van der Waals surface area contributed by atoms with Crippen LogP contribution in [0.2, 0.25) is 0 Å². The van der Waals surface area contributed by atoms with Gasteiger partial charge in [0.15, 0.2) is 6.78 Å². The van der Waals surface area contributed by atoms with Gasteiger partial charge in [0.25, 0.3) is 0 Å². The summed E-state index contributed by atoms with van der Waals surface area (Å²) in [6.45, 7) is -0.882. The predicted octanol–water partition coefficient (Wildman–Crippen LogP) is 7.20. The van der Waals surface area contributed by atoms with Crippen molar-refractivity contribution in [3.8, 4) is 11.1 Å². The maximum absolute atomic E-state index is 5.37. The van der Waals surface area contributed by atoms with Crippen molar-refractivity contribution in [2.45, 2.75) is 6.42 Å². The molecule has 25 heavy (non-hydrogen) atoms. The van der Waals surface area contributed by atoms with E-state index in [1.54, 1.807) is 4.67 Å². The Kier molecular flexibility index (Phi) is 8.44. The SMILES string of the molecule is CN(C)P(Cl)Cl.c1ccc(Cc2ccccc2-c2ccccc2)cc1. The minimum Gasteiger partial charge on any atom is -0.264 e. The van der Waals surface area contributed by atoms with Crippen LogP contribution < -0.4 is 0 Å². The van der Waals surface area contributed by atoms with Gasteiger partial charge in [0.1, 0.15) is 0 Å². The molecule has 0 heterocycles. The molecule has 3 aromatic carbocycles. The molecule has 0 bridgehead atoms. The van der Waals surface area contributed by atoms with Crippen molar-refractivity contribution in [2.75, 3.05) is 14.1 Å². The maximum Gasteiger partial charge on any atom is 0.159 e. The van der Waals surface area contributed by atoms with Crippen LogP contribution in [0.15, 0.2) is 84.9 Å². The van der Waals surface area contributed by atoms with Gasteiger partial charge in [0.2, 0.25) is 0 Å². The third kappa shape index (κ3) is 6.80. The van der Waals surface area contributed by atoms with Crippen molar-refractivity contribution in [1.82, 2.24) is 4.67 Å². The first kappa shape index (κ1) is 19.9. The van der Waals surface area contributed by atoms with Crippen molar-refractivity contribution < 1.29 is 0 Å². The van der Waals surface area contributed by atoms with Gasteiger partial charge in [-0.3, -0.25) is 4.67 Å². The lowest BCUT2D eigenvalue weighted by molar-refractivity contribution is 0.696. The van der Waals surface area contributed by atoms with Crippen molar-refractivity contribution in [1.29, 1.82) is 0 Å². The fraction of sp³-hybridized carbons (Fsp3) is 0.143. The van der Waals surface area contributed by atoms with Gasteiger partial charge in [-0.05, 0) is 42.8 Å². The van der Waals surface area contributed by atoms with Gasteiger partial charge in [0.05, 0.1) is 0 Å². The van der Waals surface area contributed by atoms with Crippen LogP contribution in [0.5, 0.6) is 0 Å². The first-order valence-corrected chi connectivity index (χ1v) is 11.1.